The summed E-state index contributed by atoms with van der Waals surface area (Å²) in [6.45, 7) is 9.16. The van der Waals surface area contributed by atoms with Gasteiger partial charge in [0.1, 0.15) is 4.90 Å². The summed E-state index contributed by atoms with van der Waals surface area (Å²) in [5.41, 5.74) is 1.63. The van der Waals surface area contributed by atoms with E-state index in [2.05, 4.69) is 9.82 Å². The third-order valence-electron chi connectivity index (χ3n) is 4.47. The van der Waals surface area contributed by atoms with Crippen molar-refractivity contribution in [1.82, 2.24) is 14.1 Å². The second-order valence-electron chi connectivity index (χ2n) is 6.30. The van der Waals surface area contributed by atoms with E-state index in [1.54, 1.807) is 53.8 Å². The van der Waals surface area contributed by atoms with E-state index in [0.717, 1.165) is 0 Å². The lowest BCUT2D eigenvalue weighted by Gasteiger charge is -2.20. The molecule has 150 valence electrons. The van der Waals surface area contributed by atoms with E-state index in [-0.39, 0.29) is 15.5 Å². The molecule has 2 aromatic rings. The molecule has 0 fully saturated rings. The SMILES string of the molecule is CCN(CC)S(=O)(=O)c1cc(NS(=O)(=O)c2c(C)nn(C)c2C)ccc1C. The van der Waals surface area contributed by atoms with Gasteiger partial charge in [0.25, 0.3) is 10.0 Å². The van der Waals surface area contributed by atoms with Gasteiger partial charge in [0.2, 0.25) is 10.0 Å². The Labute approximate surface area is 161 Å². The van der Waals surface area contributed by atoms with Crippen molar-refractivity contribution in [2.24, 2.45) is 7.05 Å². The third kappa shape index (κ3) is 4.02. The number of nitrogens with zero attached hydrogens (tertiary/aromatic N) is 3. The van der Waals surface area contributed by atoms with Crippen LogP contribution in [-0.2, 0) is 27.1 Å². The fourth-order valence-corrected chi connectivity index (χ4v) is 6.19. The zero-order valence-electron chi connectivity index (χ0n) is 16.4. The number of rotatable bonds is 7. The molecule has 0 aliphatic rings. The Hall–Kier alpha value is -1.91. The van der Waals surface area contributed by atoms with E-state index < -0.39 is 20.0 Å². The zero-order valence-corrected chi connectivity index (χ0v) is 18.1. The first kappa shape index (κ1) is 21.4. The second kappa shape index (κ2) is 7.61. The van der Waals surface area contributed by atoms with Gasteiger partial charge in [-0.1, -0.05) is 19.9 Å². The van der Waals surface area contributed by atoms with Gasteiger partial charge >= 0.3 is 0 Å². The highest BCUT2D eigenvalue weighted by atomic mass is 32.2. The minimum atomic E-state index is -3.90. The Bertz CT molecular complexity index is 1050. The number of nitrogens with one attached hydrogen (secondary N) is 1. The first-order chi connectivity index (χ1) is 12.5. The predicted octanol–water partition coefficient (Wildman–Crippen LogP) is 2.18. The number of hydrogen-bond donors (Lipinski definition) is 1. The minimum absolute atomic E-state index is 0.0889. The quantitative estimate of drug-likeness (QED) is 0.748. The van der Waals surface area contributed by atoms with Crippen LogP contribution in [0.25, 0.3) is 0 Å². The Balaban J connectivity index is 2.50. The van der Waals surface area contributed by atoms with Gasteiger partial charge in [0.15, 0.2) is 0 Å². The van der Waals surface area contributed by atoms with Gasteiger partial charge in [0, 0.05) is 20.1 Å². The van der Waals surface area contributed by atoms with E-state index in [0.29, 0.717) is 30.0 Å². The smallest absolute Gasteiger partial charge is 0.265 e. The molecule has 0 bridgehead atoms. The van der Waals surface area contributed by atoms with Crippen LogP contribution >= 0.6 is 0 Å². The van der Waals surface area contributed by atoms with E-state index in [9.17, 15) is 16.8 Å². The van der Waals surface area contributed by atoms with Gasteiger partial charge < -0.3 is 0 Å². The summed E-state index contributed by atoms with van der Waals surface area (Å²) in [5.74, 6) is 0. The third-order valence-corrected chi connectivity index (χ3v) is 8.30. The molecule has 0 aliphatic carbocycles. The molecule has 1 heterocycles. The van der Waals surface area contributed by atoms with Crippen molar-refractivity contribution in [3.63, 3.8) is 0 Å². The molecule has 0 amide bonds. The van der Waals surface area contributed by atoms with Gasteiger partial charge in [-0.15, -0.1) is 0 Å². The average Bonchev–Trinajstić information content (AvgIpc) is 2.82. The van der Waals surface area contributed by atoms with Crippen LogP contribution in [0.2, 0.25) is 0 Å². The summed E-state index contributed by atoms with van der Waals surface area (Å²) in [7, 11) is -5.94. The van der Waals surface area contributed by atoms with Gasteiger partial charge in [-0.2, -0.15) is 9.40 Å². The molecule has 0 radical (unpaired) electrons. The average molecular weight is 415 g/mol. The highest BCUT2D eigenvalue weighted by Gasteiger charge is 2.27. The van der Waals surface area contributed by atoms with Crippen LogP contribution in [0.5, 0.6) is 0 Å². The fraction of sp³-hybridized carbons (Fsp3) is 0.471. The number of sulfonamides is 2. The molecule has 0 saturated carbocycles. The predicted molar refractivity (Wildman–Crippen MR) is 105 cm³/mol. The van der Waals surface area contributed by atoms with Crippen LogP contribution in [0.15, 0.2) is 28.0 Å². The van der Waals surface area contributed by atoms with Crippen molar-refractivity contribution in [3.8, 4) is 0 Å². The van der Waals surface area contributed by atoms with Gasteiger partial charge in [0.05, 0.1) is 22.0 Å². The van der Waals surface area contributed by atoms with Gasteiger partial charge in [-0.05, 0) is 38.5 Å². The van der Waals surface area contributed by atoms with Crippen molar-refractivity contribution in [2.75, 3.05) is 17.8 Å². The van der Waals surface area contributed by atoms with E-state index in [1.165, 1.54) is 15.1 Å². The van der Waals surface area contributed by atoms with E-state index in [4.69, 9.17) is 0 Å². The molecular formula is C17H26N4O4S2. The topological polar surface area (TPSA) is 101 Å². The number of benzene rings is 1. The van der Waals surface area contributed by atoms with Gasteiger partial charge in [-0.25, -0.2) is 16.8 Å². The van der Waals surface area contributed by atoms with E-state index >= 15 is 0 Å². The number of anilines is 1. The highest BCUT2D eigenvalue weighted by molar-refractivity contribution is 7.92. The molecule has 1 N–H and O–H groups in total. The Morgan fingerprint density at radius 1 is 1.07 bits per heavy atom. The van der Waals surface area contributed by atoms with Crippen LogP contribution in [-0.4, -0.2) is 44.0 Å². The molecule has 10 heteroatoms. The lowest BCUT2D eigenvalue weighted by Crippen LogP contribution is -2.31. The zero-order chi connectivity index (χ0) is 20.6. The summed E-state index contributed by atoms with van der Waals surface area (Å²) in [4.78, 5) is 0.185. The molecule has 0 unspecified atom stereocenters. The van der Waals surface area contributed by atoms with Crippen molar-refractivity contribution in [1.29, 1.82) is 0 Å². The first-order valence-electron chi connectivity index (χ1n) is 8.59. The number of hydrogen-bond acceptors (Lipinski definition) is 5. The van der Waals surface area contributed by atoms with Crippen molar-refractivity contribution < 1.29 is 16.8 Å². The lowest BCUT2D eigenvalue weighted by atomic mass is 10.2. The Morgan fingerprint density at radius 3 is 2.15 bits per heavy atom. The molecule has 27 heavy (non-hydrogen) atoms. The van der Waals surface area contributed by atoms with Crippen molar-refractivity contribution in [3.05, 3.63) is 35.2 Å². The standard InChI is InChI=1S/C17H26N4O4S2/c1-7-21(8-2)27(24,25)16-11-15(10-9-12(16)3)19-26(22,23)17-13(4)18-20(6)14(17)5/h9-11,19H,7-8H2,1-6H3. The molecular weight excluding hydrogens is 388 g/mol. The maximum atomic E-state index is 12.9. The molecule has 1 aromatic carbocycles. The van der Waals surface area contributed by atoms with Crippen LogP contribution in [0.3, 0.4) is 0 Å². The maximum absolute atomic E-state index is 12.9. The lowest BCUT2D eigenvalue weighted by molar-refractivity contribution is 0.445. The number of aromatic nitrogens is 2. The Kier molecular flexibility index (Phi) is 6.03. The monoisotopic (exact) mass is 414 g/mol. The first-order valence-corrected chi connectivity index (χ1v) is 11.5. The highest BCUT2D eigenvalue weighted by Crippen LogP contribution is 2.27. The van der Waals surface area contributed by atoms with Gasteiger partial charge in [-0.3, -0.25) is 9.40 Å². The summed E-state index contributed by atoms with van der Waals surface area (Å²) < 4.78 is 56.7. The van der Waals surface area contributed by atoms with Crippen LogP contribution in [0, 0.1) is 20.8 Å². The maximum Gasteiger partial charge on any atom is 0.265 e. The van der Waals surface area contributed by atoms with Crippen LogP contribution in [0.4, 0.5) is 5.69 Å². The molecule has 0 atom stereocenters. The molecule has 1 aromatic heterocycles. The van der Waals surface area contributed by atoms with Crippen LogP contribution in [0.1, 0.15) is 30.8 Å². The molecule has 8 nitrogen and oxygen atoms in total. The Morgan fingerprint density at radius 2 is 1.67 bits per heavy atom. The molecule has 0 aliphatic heterocycles. The largest absolute Gasteiger partial charge is 0.279 e. The van der Waals surface area contributed by atoms with Crippen molar-refractivity contribution >= 4 is 25.7 Å². The summed E-state index contributed by atoms with van der Waals surface area (Å²) in [6.07, 6.45) is 0. The fourth-order valence-electron chi connectivity index (χ4n) is 2.99. The molecule has 2 rings (SSSR count). The molecule has 0 saturated heterocycles. The molecule has 0 spiro atoms. The number of aryl methyl sites for hydroxylation is 3. The normalized spacial score (nSPS) is 12.6. The summed E-state index contributed by atoms with van der Waals surface area (Å²) in [6, 6.07) is 4.51. The minimum Gasteiger partial charge on any atom is -0.279 e. The van der Waals surface area contributed by atoms with Crippen LogP contribution < -0.4 is 4.72 Å². The van der Waals surface area contributed by atoms with Crippen molar-refractivity contribution in [2.45, 2.75) is 44.4 Å². The van der Waals surface area contributed by atoms with E-state index in [1.807, 2.05) is 0 Å². The summed E-state index contributed by atoms with van der Waals surface area (Å²) >= 11 is 0. The summed E-state index contributed by atoms with van der Waals surface area (Å²) in [5, 5.41) is 4.13. The second-order valence-corrected chi connectivity index (χ2v) is 9.82.